The maximum atomic E-state index is 12.5. The van der Waals surface area contributed by atoms with Crippen LogP contribution in [-0.2, 0) is 25.5 Å². The number of benzene rings is 1. The number of para-hydroxylation sites is 1. The molecular formula is C19H25NO5. The molecule has 4 rings (SSSR count). The fourth-order valence-electron chi connectivity index (χ4n) is 3.61. The Bertz CT molecular complexity index is 779. The van der Waals surface area contributed by atoms with Gasteiger partial charge in [-0.25, -0.2) is 4.79 Å². The number of esters is 1. The van der Waals surface area contributed by atoms with Crippen molar-refractivity contribution in [2.24, 2.45) is 0 Å². The van der Waals surface area contributed by atoms with Crippen LogP contribution in [-0.4, -0.2) is 43.3 Å². The Morgan fingerprint density at radius 1 is 1.28 bits per heavy atom. The molecule has 0 unspecified atom stereocenters. The van der Waals surface area contributed by atoms with Gasteiger partial charge in [-0.15, -0.1) is 0 Å². The van der Waals surface area contributed by atoms with E-state index < -0.39 is 5.79 Å². The summed E-state index contributed by atoms with van der Waals surface area (Å²) < 4.78 is 23.7. The Morgan fingerprint density at radius 2 is 1.96 bits per heavy atom. The molecule has 0 N–H and O–H groups in total. The van der Waals surface area contributed by atoms with Crippen LogP contribution in [0.15, 0.2) is 24.3 Å². The van der Waals surface area contributed by atoms with Crippen molar-refractivity contribution in [2.75, 3.05) is 20.8 Å². The number of methoxy groups -OCH3 is 1. The summed E-state index contributed by atoms with van der Waals surface area (Å²) in [6.07, 6.45) is -0.274. The maximum absolute atomic E-state index is 12.5. The van der Waals surface area contributed by atoms with Gasteiger partial charge in [0.1, 0.15) is 12.2 Å². The summed E-state index contributed by atoms with van der Waals surface area (Å²) in [5.74, 6) is -0.912. The van der Waals surface area contributed by atoms with Crippen molar-refractivity contribution in [1.82, 2.24) is 4.57 Å². The molecule has 0 saturated carbocycles. The highest BCUT2D eigenvalue weighted by atomic mass is 16.8. The topological polar surface area (TPSA) is 58.9 Å². The van der Waals surface area contributed by atoms with Gasteiger partial charge < -0.3 is 23.5 Å². The monoisotopic (exact) mass is 347 g/mol. The smallest absolute Gasteiger partial charge is 0.340 e. The Morgan fingerprint density at radius 3 is 2.64 bits per heavy atom. The second-order valence-electron chi connectivity index (χ2n) is 6.61. The van der Waals surface area contributed by atoms with Gasteiger partial charge in [0.2, 0.25) is 0 Å². The van der Waals surface area contributed by atoms with E-state index in [1.807, 2.05) is 45.0 Å². The van der Waals surface area contributed by atoms with Gasteiger partial charge in [0.05, 0.1) is 24.4 Å². The van der Waals surface area contributed by atoms with E-state index >= 15 is 0 Å². The normalized spacial score (nSPS) is 22.9. The maximum Gasteiger partial charge on any atom is 0.340 e. The van der Waals surface area contributed by atoms with Crippen molar-refractivity contribution >= 4 is 16.9 Å². The highest BCUT2D eigenvalue weighted by Crippen LogP contribution is 2.47. The summed E-state index contributed by atoms with van der Waals surface area (Å²) in [4.78, 5) is 12.5. The van der Waals surface area contributed by atoms with E-state index in [4.69, 9.17) is 14.2 Å². The lowest BCUT2D eigenvalue weighted by Gasteiger charge is -2.19. The van der Waals surface area contributed by atoms with Crippen LogP contribution in [0.25, 0.3) is 10.9 Å². The van der Waals surface area contributed by atoms with E-state index in [1.54, 1.807) is 14.2 Å². The van der Waals surface area contributed by atoms with Gasteiger partial charge in [-0.05, 0) is 26.8 Å². The molecule has 1 aromatic carbocycles. The lowest BCUT2D eigenvalue weighted by atomic mass is 10.1. The van der Waals surface area contributed by atoms with E-state index in [2.05, 4.69) is 9.30 Å². The first-order chi connectivity index (χ1) is 11.9. The van der Waals surface area contributed by atoms with Crippen LogP contribution in [0, 0.1) is 0 Å². The fraction of sp³-hybridized carbons (Fsp3) is 0.526. The van der Waals surface area contributed by atoms with E-state index in [0.717, 1.165) is 16.6 Å². The van der Waals surface area contributed by atoms with E-state index in [9.17, 15) is 4.79 Å². The minimum atomic E-state index is -0.622. The van der Waals surface area contributed by atoms with E-state index in [1.165, 1.54) is 0 Å². The summed E-state index contributed by atoms with van der Waals surface area (Å²) in [5, 5.41) is 0.919. The average Bonchev–Trinajstić information content (AvgIpc) is 3.13. The van der Waals surface area contributed by atoms with Gasteiger partial charge in [-0.2, -0.15) is 0 Å². The molecule has 6 heteroatoms. The number of nitrogens with zero attached hydrogens (tertiary/aromatic N) is 1. The molecule has 0 amide bonds. The molecule has 2 aliphatic rings. The largest absolute Gasteiger partial charge is 0.462 e. The molecule has 2 atom stereocenters. The van der Waals surface area contributed by atoms with Crippen LogP contribution in [0.1, 0.15) is 42.9 Å². The standard InChI is InChI=1S/C17H19NO4.C2H6O/c1-4-20-16(19)13-10-7-5-6-8-11(10)18-9-12-15(14(13)18)22-17(2,3)21-12;1-3-2/h5-8,12,15H,4,9H2,1-3H3;1-2H3/t12-,15-;/m1./s1. The van der Waals surface area contributed by atoms with Crippen LogP contribution in [0.3, 0.4) is 0 Å². The molecule has 25 heavy (non-hydrogen) atoms. The molecule has 1 saturated heterocycles. The number of hydrogen-bond donors (Lipinski definition) is 0. The van der Waals surface area contributed by atoms with E-state index in [0.29, 0.717) is 18.7 Å². The minimum absolute atomic E-state index is 0.0530. The highest BCUT2D eigenvalue weighted by molar-refractivity contribution is 6.06. The molecule has 0 spiro atoms. The zero-order chi connectivity index (χ0) is 18.2. The van der Waals surface area contributed by atoms with Crippen LogP contribution in [0.2, 0.25) is 0 Å². The number of ether oxygens (including phenoxy) is 4. The van der Waals surface area contributed by atoms with Gasteiger partial charge in [0.15, 0.2) is 5.79 Å². The molecule has 0 aliphatic carbocycles. The number of rotatable bonds is 2. The van der Waals surface area contributed by atoms with Gasteiger partial charge in [-0.1, -0.05) is 18.2 Å². The van der Waals surface area contributed by atoms with E-state index in [-0.39, 0.29) is 18.2 Å². The Balaban J connectivity index is 0.000000569. The Hall–Kier alpha value is -1.89. The Labute approximate surface area is 147 Å². The SMILES string of the molecule is CCOC(=O)c1c2n(c3ccccc13)C[C@H]1OC(C)(C)O[C@@H]21.COC. The number of hydrogen-bond acceptors (Lipinski definition) is 5. The third-order valence-electron chi connectivity index (χ3n) is 4.31. The lowest BCUT2D eigenvalue weighted by Crippen LogP contribution is -2.23. The first kappa shape index (κ1) is 17.9. The highest BCUT2D eigenvalue weighted by Gasteiger charge is 2.50. The average molecular weight is 347 g/mol. The molecular weight excluding hydrogens is 322 g/mol. The second kappa shape index (κ2) is 6.78. The molecule has 2 aliphatic heterocycles. The molecule has 1 aromatic heterocycles. The summed E-state index contributed by atoms with van der Waals surface area (Å²) in [7, 11) is 3.25. The molecule has 1 fully saturated rings. The second-order valence-corrected chi connectivity index (χ2v) is 6.61. The minimum Gasteiger partial charge on any atom is -0.462 e. The van der Waals surface area contributed by atoms with Crippen molar-refractivity contribution in [1.29, 1.82) is 0 Å². The van der Waals surface area contributed by atoms with Gasteiger partial charge in [0.25, 0.3) is 0 Å². The predicted molar refractivity (Wildman–Crippen MR) is 93.6 cm³/mol. The van der Waals surface area contributed by atoms with Gasteiger partial charge in [0, 0.05) is 25.1 Å². The number of aromatic nitrogens is 1. The molecule has 3 heterocycles. The molecule has 0 radical (unpaired) electrons. The van der Waals surface area contributed by atoms with Crippen LogP contribution in [0.5, 0.6) is 0 Å². The first-order valence-electron chi connectivity index (χ1n) is 8.47. The summed E-state index contributed by atoms with van der Waals surface area (Å²) in [6, 6.07) is 7.90. The predicted octanol–water partition coefficient (Wildman–Crippen LogP) is 3.29. The van der Waals surface area contributed by atoms with Gasteiger partial charge in [-0.3, -0.25) is 0 Å². The summed E-state index contributed by atoms with van der Waals surface area (Å²) in [6.45, 7) is 6.68. The quantitative estimate of drug-likeness (QED) is 0.780. The number of carbonyl (C=O) groups is 1. The van der Waals surface area contributed by atoms with Crippen LogP contribution < -0.4 is 0 Å². The summed E-state index contributed by atoms with van der Waals surface area (Å²) >= 11 is 0. The zero-order valence-corrected chi connectivity index (χ0v) is 15.4. The molecule has 0 bridgehead atoms. The van der Waals surface area contributed by atoms with Crippen molar-refractivity contribution in [3.8, 4) is 0 Å². The van der Waals surface area contributed by atoms with Crippen LogP contribution >= 0.6 is 0 Å². The third kappa shape index (κ3) is 3.05. The number of carbonyl (C=O) groups excluding carboxylic acids is 1. The molecule has 136 valence electrons. The lowest BCUT2D eigenvalue weighted by molar-refractivity contribution is -0.151. The first-order valence-corrected chi connectivity index (χ1v) is 8.47. The van der Waals surface area contributed by atoms with Crippen molar-refractivity contribution in [2.45, 2.75) is 45.3 Å². The molecule has 6 nitrogen and oxygen atoms in total. The molecule has 2 aromatic rings. The van der Waals surface area contributed by atoms with Gasteiger partial charge >= 0.3 is 5.97 Å². The zero-order valence-electron chi connectivity index (χ0n) is 15.4. The van der Waals surface area contributed by atoms with Crippen molar-refractivity contribution < 1.29 is 23.7 Å². The third-order valence-corrected chi connectivity index (χ3v) is 4.31. The number of fused-ring (bicyclic) bond motifs is 5. The van der Waals surface area contributed by atoms with Crippen molar-refractivity contribution in [3.05, 3.63) is 35.5 Å². The van der Waals surface area contributed by atoms with Crippen molar-refractivity contribution in [3.63, 3.8) is 0 Å². The summed E-state index contributed by atoms with van der Waals surface area (Å²) in [5.41, 5.74) is 2.53. The fourth-order valence-corrected chi connectivity index (χ4v) is 3.61. The Kier molecular flexibility index (Phi) is 4.86. The van der Waals surface area contributed by atoms with Crippen LogP contribution in [0.4, 0.5) is 0 Å².